The smallest absolute Gasteiger partial charge is 0.381 e. The Morgan fingerprint density at radius 1 is 1.00 bits per heavy atom. The SMILES string of the molecule is O=C(OCC(F)(F)C(F)(F)C(F)(F)C(F)F)c1ccc(F)cc1. The Kier molecular flexibility index (Phi) is 5.22. The second kappa shape index (κ2) is 6.28. The van der Waals surface area contributed by atoms with E-state index in [1.54, 1.807) is 0 Å². The summed E-state index contributed by atoms with van der Waals surface area (Å²) in [6.45, 7) is -2.57. The number of hydrogen-bond donors (Lipinski definition) is 0. The molecular formula is C12H7F9O2. The van der Waals surface area contributed by atoms with Crippen LogP contribution < -0.4 is 0 Å². The Bertz CT molecular complexity index is 554. The normalized spacial score (nSPS) is 13.3. The number of ether oxygens (including phenoxy) is 1. The van der Waals surface area contributed by atoms with Crippen molar-refractivity contribution in [2.45, 2.75) is 24.2 Å². The lowest BCUT2D eigenvalue weighted by Crippen LogP contribution is -2.59. The molecule has 23 heavy (non-hydrogen) atoms. The van der Waals surface area contributed by atoms with Crippen molar-refractivity contribution < 1.29 is 49.0 Å². The van der Waals surface area contributed by atoms with Gasteiger partial charge in [-0.05, 0) is 24.3 Å². The van der Waals surface area contributed by atoms with E-state index in [9.17, 15) is 44.3 Å². The van der Waals surface area contributed by atoms with Gasteiger partial charge in [0.15, 0.2) is 6.61 Å². The van der Waals surface area contributed by atoms with Gasteiger partial charge in [0.05, 0.1) is 5.56 Å². The van der Waals surface area contributed by atoms with Crippen LogP contribution in [0.4, 0.5) is 39.5 Å². The molecule has 0 amide bonds. The highest BCUT2D eigenvalue weighted by Crippen LogP contribution is 2.48. The Morgan fingerprint density at radius 2 is 1.48 bits per heavy atom. The van der Waals surface area contributed by atoms with Crippen LogP contribution in [-0.4, -0.2) is 36.8 Å². The molecule has 130 valence electrons. The van der Waals surface area contributed by atoms with Crippen LogP contribution in [0.25, 0.3) is 0 Å². The molecule has 1 rings (SSSR count). The minimum atomic E-state index is -6.46. The molecule has 11 heteroatoms. The van der Waals surface area contributed by atoms with Crippen LogP contribution in [0.5, 0.6) is 0 Å². The zero-order chi connectivity index (χ0) is 18.1. The molecule has 1 aromatic rings. The molecule has 0 heterocycles. The monoisotopic (exact) mass is 354 g/mol. The van der Waals surface area contributed by atoms with Crippen LogP contribution in [0.15, 0.2) is 24.3 Å². The summed E-state index contributed by atoms with van der Waals surface area (Å²) < 4.78 is 117. The zero-order valence-corrected chi connectivity index (χ0v) is 10.8. The standard InChI is InChI=1S/C12H7F9O2/c13-7-3-1-6(2-4-7)8(22)23-5-10(16,17)12(20,21)11(18,19)9(14)15/h1-4,9H,5H2. The van der Waals surface area contributed by atoms with Gasteiger partial charge in [-0.2, -0.15) is 26.3 Å². The topological polar surface area (TPSA) is 26.3 Å². The summed E-state index contributed by atoms with van der Waals surface area (Å²) in [6.07, 6.45) is -5.06. The first-order valence-corrected chi connectivity index (χ1v) is 5.67. The Hall–Kier alpha value is -1.94. The second-order valence-corrected chi connectivity index (χ2v) is 4.29. The van der Waals surface area contributed by atoms with Crippen molar-refractivity contribution >= 4 is 5.97 Å². The van der Waals surface area contributed by atoms with E-state index in [0.29, 0.717) is 12.1 Å². The van der Waals surface area contributed by atoms with E-state index < -0.39 is 48.1 Å². The average Bonchev–Trinajstić information content (AvgIpc) is 2.45. The average molecular weight is 354 g/mol. The number of halogens is 9. The van der Waals surface area contributed by atoms with Gasteiger partial charge in [0.2, 0.25) is 0 Å². The molecule has 0 aliphatic carbocycles. The Balaban J connectivity index is 2.86. The molecule has 0 N–H and O–H groups in total. The number of rotatable bonds is 6. The molecule has 0 saturated heterocycles. The van der Waals surface area contributed by atoms with E-state index in [1.165, 1.54) is 0 Å². The van der Waals surface area contributed by atoms with Crippen molar-refractivity contribution in [1.82, 2.24) is 0 Å². The van der Waals surface area contributed by atoms with Crippen LogP contribution in [0.1, 0.15) is 10.4 Å². The maximum absolute atomic E-state index is 13.1. The minimum absolute atomic E-state index is 0.536. The molecule has 0 bridgehead atoms. The molecule has 2 nitrogen and oxygen atoms in total. The van der Waals surface area contributed by atoms with E-state index >= 15 is 0 Å². The van der Waals surface area contributed by atoms with Gasteiger partial charge in [0.1, 0.15) is 5.82 Å². The number of carbonyl (C=O) groups is 1. The molecule has 0 saturated carbocycles. The first-order valence-electron chi connectivity index (χ1n) is 5.67. The van der Waals surface area contributed by atoms with E-state index in [-0.39, 0.29) is 0 Å². The van der Waals surface area contributed by atoms with Gasteiger partial charge in [0.25, 0.3) is 0 Å². The fraction of sp³-hybridized carbons (Fsp3) is 0.417. The summed E-state index contributed by atoms with van der Waals surface area (Å²) in [5.41, 5.74) is -0.536. The van der Waals surface area contributed by atoms with Crippen LogP contribution in [-0.2, 0) is 4.74 Å². The van der Waals surface area contributed by atoms with Crippen molar-refractivity contribution in [3.63, 3.8) is 0 Å². The fourth-order valence-electron chi connectivity index (χ4n) is 1.30. The molecule has 0 spiro atoms. The predicted octanol–water partition coefficient (Wildman–Crippen LogP) is 4.15. The van der Waals surface area contributed by atoms with Gasteiger partial charge >= 0.3 is 30.2 Å². The highest BCUT2D eigenvalue weighted by molar-refractivity contribution is 5.89. The number of esters is 1. The van der Waals surface area contributed by atoms with Gasteiger partial charge in [-0.15, -0.1) is 0 Å². The van der Waals surface area contributed by atoms with Gasteiger partial charge in [-0.3, -0.25) is 0 Å². The number of benzene rings is 1. The first kappa shape index (κ1) is 19.1. The van der Waals surface area contributed by atoms with Crippen LogP contribution in [0, 0.1) is 5.82 Å². The minimum Gasteiger partial charge on any atom is -0.455 e. The quantitative estimate of drug-likeness (QED) is 0.567. The van der Waals surface area contributed by atoms with Gasteiger partial charge in [-0.1, -0.05) is 0 Å². The molecule has 0 aromatic heterocycles. The van der Waals surface area contributed by atoms with Gasteiger partial charge in [0, 0.05) is 0 Å². The van der Waals surface area contributed by atoms with E-state index in [1.807, 2.05) is 0 Å². The fourth-order valence-corrected chi connectivity index (χ4v) is 1.30. The summed E-state index contributed by atoms with van der Waals surface area (Å²) >= 11 is 0. The number of hydrogen-bond acceptors (Lipinski definition) is 2. The number of alkyl halides is 8. The van der Waals surface area contributed by atoms with Gasteiger partial charge < -0.3 is 4.74 Å². The molecule has 0 fully saturated rings. The lowest BCUT2D eigenvalue weighted by molar-refractivity contribution is -0.343. The number of carbonyl (C=O) groups excluding carboxylic acids is 1. The van der Waals surface area contributed by atoms with Crippen LogP contribution >= 0.6 is 0 Å². The van der Waals surface area contributed by atoms with Gasteiger partial charge in [-0.25, -0.2) is 18.0 Å². The molecule has 0 atom stereocenters. The Morgan fingerprint density at radius 3 is 1.91 bits per heavy atom. The third kappa shape index (κ3) is 3.70. The van der Waals surface area contributed by atoms with Crippen molar-refractivity contribution in [3.05, 3.63) is 35.6 Å². The Labute approximate surface area is 122 Å². The zero-order valence-electron chi connectivity index (χ0n) is 10.8. The van der Waals surface area contributed by atoms with Crippen molar-refractivity contribution in [1.29, 1.82) is 0 Å². The summed E-state index contributed by atoms with van der Waals surface area (Å²) in [6, 6.07) is 2.94. The van der Waals surface area contributed by atoms with Crippen LogP contribution in [0.2, 0.25) is 0 Å². The van der Waals surface area contributed by atoms with E-state index in [2.05, 4.69) is 4.74 Å². The molecule has 0 aliphatic heterocycles. The van der Waals surface area contributed by atoms with E-state index in [4.69, 9.17) is 0 Å². The summed E-state index contributed by atoms with van der Waals surface area (Å²) in [4.78, 5) is 11.3. The molecule has 0 aliphatic rings. The predicted molar refractivity (Wildman–Crippen MR) is 57.5 cm³/mol. The summed E-state index contributed by atoms with van der Waals surface area (Å²) in [7, 11) is 0. The van der Waals surface area contributed by atoms with E-state index in [0.717, 1.165) is 12.1 Å². The van der Waals surface area contributed by atoms with Crippen LogP contribution in [0.3, 0.4) is 0 Å². The largest absolute Gasteiger partial charge is 0.455 e. The molecular weight excluding hydrogens is 347 g/mol. The third-order valence-corrected chi connectivity index (χ3v) is 2.62. The maximum atomic E-state index is 13.1. The van der Waals surface area contributed by atoms with Crippen molar-refractivity contribution in [2.24, 2.45) is 0 Å². The maximum Gasteiger partial charge on any atom is 0.381 e. The molecule has 0 radical (unpaired) electrons. The molecule has 0 unspecified atom stereocenters. The third-order valence-electron chi connectivity index (χ3n) is 2.62. The molecule has 1 aromatic carbocycles. The van der Waals surface area contributed by atoms with Crippen molar-refractivity contribution in [2.75, 3.05) is 6.61 Å². The highest BCUT2D eigenvalue weighted by atomic mass is 19.4. The van der Waals surface area contributed by atoms with Crippen molar-refractivity contribution in [3.8, 4) is 0 Å². The highest BCUT2D eigenvalue weighted by Gasteiger charge is 2.75. The lowest BCUT2D eigenvalue weighted by atomic mass is 10.1. The lowest BCUT2D eigenvalue weighted by Gasteiger charge is -2.31. The summed E-state index contributed by atoms with van der Waals surface area (Å²) in [5, 5.41) is 0. The second-order valence-electron chi connectivity index (χ2n) is 4.29. The first-order chi connectivity index (χ1) is 10.3. The summed E-state index contributed by atoms with van der Waals surface area (Å²) in [5.74, 6) is -21.0.